The lowest BCUT2D eigenvalue weighted by molar-refractivity contribution is -0.178. The Bertz CT molecular complexity index is 1190. The van der Waals surface area contributed by atoms with Crippen molar-refractivity contribution in [1.29, 1.82) is 0 Å². The monoisotopic (exact) mass is 574 g/mol. The number of amides is 2. The van der Waals surface area contributed by atoms with Gasteiger partial charge in [-0.15, -0.1) is 0 Å². The molecule has 41 heavy (non-hydrogen) atoms. The Balaban J connectivity index is 1.92. The van der Waals surface area contributed by atoms with Gasteiger partial charge in [-0.3, -0.25) is 4.79 Å². The number of unbranched alkanes of at least 4 members (excludes halogenated alkanes) is 1. The summed E-state index contributed by atoms with van der Waals surface area (Å²) in [6.07, 6.45) is 0.545. The Hall–Kier alpha value is -3.69. The zero-order chi connectivity index (χ0) is 30.2. The first-order chi connectivity index (χ1) is 19.5. The summed E-state index contributed by atoms with van der Waals surface area (Å²) >= 11 is 0. The minimum absolute atomic E-state index is 0.224. The molecule has 10 heteroatoms. The van der Waals surface area contributed by atoms with E-state index >= 15 is 0 Å². The molecule has 0 heterocycles. The number of hydrogen-bond donors (Lipinski definition) is 1. The van der Waals surface area contributed by atoms with Gasteiger partial charge in [-0.2, -0.15) is 0 Å². The number of hydrogen-bond acceptors (Lipinski definition) is 6. The molecule has 2 aromatic rings. The molecule has 1 aliphatic rings. The lowest BCUT2D eigenvalue weighted by Crippen LogP contribution is -2.68. The van der Waals surface area contributed by atoms with Gasteiger partial charge in [-0.05, 0) is 70.2 Å². The summed E-state index contributed by atoms with van der Waals surface area (Å²) in [4.78, 5) is 40.2. The number of Topliss-reactive ketones (excluding diaryl/α,β-unsaturated/α-hetero) is 1. The predicted octanol–water partition coefficient (Wildman–Crippen LogP) is 6.12. The molecule has 224 valence electrons. The van der Waals surface area contributed by atoms with Crippen molar-refractivity contribution in [2.45, 2.75) is 77.3 Å². The first kappa shape index (κ1) is 31.8. The van der Waals surface area contributed by atoms with Crippen molar-refractivity contribution in [3.63, 3.8) is 0 Å². The number of methoxy groups -OCH3 is 1. The molecule has 0 saturated heterocycles. The van der Waals surface area contributed by atoms with Crippen molar-refractivity contribution in [3.8, 4) is 11.5 Å². The number of ketones is 1. The van der Waals surface area contributed by atoms with Crippen LogP contribution in [-0.4, -0.2) is 61.0 Å². The third kappa shape index (κ3) is 7.74. The second-order valence-electron chi connectivity index (χ2n) is 10.3. The molecule has 2 amide bonds. The molecule has 1 unspecified atom stereocenters. The van der Waals surface area contributed by atoms with E-state index in [4.69, 9.17) is 14.2 Å². The van der Waals surface area contributed by atoms with Gasteiger partial charge < -0.3 is 24.4 Å². The lowest BCUT2D eigenvalue weighted by Gasteiger charge is -2.46. The van der Waals surface area contributed by atoms with E-state index in [0.717, 1.165) is 20.0 Å². The van der Waals surface area contributed by atoms with Crippen LogP contribution in [0.4, 0.5) is 13.6 Å². The summed E-state index contributed by atoms with van der Waals surface area (Å²) in [6.45, 7) is 7.73. The van der Waals surface area contributed by atoms with E-state index in [9.17, 15) is 23.2 Å². The van der Waals surface area contributed by atoms with Gasteiger partial charge in [0.05, 0.1) is 26.4 Å². The second-order valence-corrected chi connectivity index (χ2v) is 10.3. The van der Waals surface area contributed by atoms with Crippen LogP contribution in [0.5, 0.6) is 11.5 Å². The fourth-order valence-corrected chi connectivity index (χ4v) is 5.23. The van der Waals surface area contributed by atoms with Crippen LogP contribution in [0.2, 0.25) is 0 Å². The zero-order valence-electron chi connectivity index (χ0n) is 24.4. The van der Waals surface area contributed by atoms with Crippen molar-refractivity contribution < 1.29 is 37.4 Å². The number of carbonyl (C=O) groups is 3. The van der Waals surface area contributed by atoms with Crippen LogP contribution >= 0.6 is 0 Å². The summed E-state index contributed by atoms with van der Waals surface area (Å²) in [7, 11) is 1.11. The third-order valence-corrected chi connectivity index (χ3v) is 7.25. The van der Waals surface area contributed by atoms with Crippen molar-refractivity contribution in [2.75, 3.05) is 26.9 Å². The molecular weight excluding hydrogens is 534 g/mol. The minimum Gasteiger partial charge on any atom is -0.493 e. The molecule has 0 spiro atoms. The smallest absolute Gasteiger partial charge is 0.332 e. The molecule has 0 aliphatic heterocycles. The Morgan fingerprint density at radius 1 is 1.00 bits per heavy atom. The first-order valence-corrected chi connectivity index (χ1v) is 14.0. The zero-order valence-corrected chi connectivity index (χ0v) is 24.4. The van der Waals surface area contributed by atoms with Crippen LogP contribution in [0.1, 0.15) is 80.9 Å². The highest BCUT2D eigenvalue weighted by Gasteiger charge is 2.63. The summed E-state index contributed by atoms with van der Waals surface area (Å²) in [5, 5.41) is 2.57. The fraction of sp³-hybridized carbons (Fsp3) is 0.516. The third-order valence-electron chi connectivity index (χ3n) is 7.25. The van der Waals surface area contributed by atoms with Crippen molar-refractivity contribution in [2.24, 2.45) is 0 Å². The molecule has 1 atom stereocenters. The number of ether oxygens (including phenoxy) is 3. The average molecular weight is 575 g/mol. The Morgan fingerprint density at radius 2 is 1.59 bits per heavy atom. The molecule has 1 N–H and O–H groups in total. The maximum absolute atomic E-state index is 13.9. The topological polar surface area (TPSA) is 94.2 Å². The summed E-state index contributed by atoms with van der Waals surface area (Å²) < 4.78 is 44.2. The molecule has 0 radical (unpaired) electrons. The van der Waals surface area contributed by atoms with E-state index in [-0.39, 0.29) is 12.3 Å². The lowest BCUT2D eigenvalue weighted by atomic mass is 9.73. The van der Waals surface area contributed by atoms with Gasteiger partial charge in [0.15, 0.2) is 11.3 Å². The van der Waals surface area contributed by atoms with Crippen molar-refractivity contribution in [1.82, 2.24) is 10.2 Å². The number of benzene rings is 2. The molecule has 2 aromatic carbocycles. The van der Waals surface area contributed by atoms with E-state index in [1.54, 1.807) is 32.9 Å². The number of alkyl halides is 2. The SMILES string of the molecule is CCOc1cc(C(C)N(CCCCc2ccccc2)C(=O)NC2(C(=O)OC)CC(F)(F)C2)cc(OCC)c1C(C)=O. The largest absolute Gasteiger partial charge is 0.493 e. The van der Waals surface area contributed by atoms with Crippen LogP contribution in [-0.2, 0) is 16.0 Å². The van der Waals surface area contributed by atoms with Gasteiger partial charge in [0, 0.05) is 19.4 Å². The van der Waals surface area contributed by atoms with Crippen LogP contribution < -0.4 is 14.8 Å². The number of nitrogens with one attached hydrogen (secondary N) is 1. The average Bonchev–Trinajstić information content (AvgIpc) is 2.91. The molecule has 1 aliphatic carbocycles. The fourth-order valence-electron chi connectivity index (χ4n) is 5.23. The van der Waals surface area contributed by atoms with Gasteiger partial charge in [0.25, 0.3) is 5.92 Å². The summed E-state index contributed by atoms with van der Waals surface area (Å²) in [6, 6.07) is 12.1. The molecule has 3 rings (SSSR count). The second kappa shape index (κ2) is 13.8. The van der Waals surface area contributed by atoms with Crippen molar-refractivity contribution in [3.05, 3.63) is 59.2 Å². The molecule has 0 bridgehead atoms. The first-order valence-electron chi connectivity index (χ1n) is 14.0. The van der Waals surface area contributed by atoms with Gasteiger partial charge in [-0.1, -0.05) is 30.3 Å². The maximum Gasteiger partial charge on any atom is 0.332 e. The van der Waals surface area contributed by atoms with E-state index in [1.807, 2.05) is 30.3 Å². The van der Waals surface area contributed by atoms with E-state index in [1.165, 1.54) is 17.4 Å². The predicted molar refractivity (Wildman–Crippen MR) is 151 cm³/mol. The molecule has 0 aromatic heterocycles. The highest BCUT2D eigenvalue weighted by atomic mass is 19.3. The molecule has 1 saturated carbocycles. The van der Waals surface area contributed by atoms with Crippen molar-refractivity contribution >= 4 is 17.8 Å². The number of carbonyl (C=O) groups excluding carboxylic acids is 3. The number of aryl methyl sites for hydroxylation is 1. The quantitative estimate of drug-likeness (QED) is 0.166. The minimum atomic E-state index is -3.07. The molecule has 1 fully saturated rings. The van der Waals surface area contributed by atoms with Gasteiger partial charge in [0.1, 0.15) is 17.1 Å². The highest BCUT2D eigenvalue weighted by molar-refractivity contribution is 6.00. The van der Waals surface area contributed by atoms with Gasteiger partial charge in [-0.25, -0.2) is 18.4 Å². The number of halogens is 2. The van der Waals surface area contributed by atoms with Crippen LogP contribution in [0.25, 0.3) is 0 Å². The van der Waals surface area contributed by atoms with Crippen LogP contribution in [0.15, 0.2) is 42.5 Å². The number of esters is 1. The standard InChI is InChI=1S/C31H40F2N2O6/c1-6-40-25-17-24(18-26(41-7-2)27(25)22(4)36)21(3)35(16-12-11-15-23-13-9-8-10-14-23)29(38)34-30(28(37)39-5)19-31(32,33)20-30/h8-10,13-14,17-18,21H,6-7,11-12,15-16,19-20H2,1-5H3,(H,34,38). The normalized spacial score (nSPS) is 15.7. The van der Waals surface area contributed by atoms with E-state index < -0.39 is 42.3 Å². The highest BCUT2D eigenvalue weighted by Crippen LogP contribution is 2.46. The van der Waals surface area contributed by atoms with Crippen LogP contribution in [0.3, 0.4) is 0 Å². The Morgan fingerprint density at radius 3 is 2.07 bits per heavy atom. The Kier molecular flexibility index (Phi) is 10.7. The van der Waals surface area contributed by atoms with Crippen LogP contribution in [0, 0.1) is 0 Å². The number of rotatable bonds is 14. The number of urea groups is 1. The van der Waals surface area contributed by atoms with E-state index in [0.29, 0.717) is 42.3 Å². The Labute approximate surface area is 240 Å². The molecule has 8 nitrogen and oxygen atoms in total. The maximum atomic E-state index is 13.9. The summed E-state index contributed by atoms with van der Waals surface area (Å²) in [5.41, 5.74) is 0.305. The number of nitrogens with zero attached hydrogens (tertiary/aromatic N) is 1. The van der Waals surface area contributed by atoms with E-state index in [2.05, 4.69) is 5.32 Å². The molecular formula is C31H40F2N2O6. The van der Waals surface area contributed by atoms with Gasteiger partial charge in [0.2, 0.25) is 0 Å². The summed E-state index contributed by atoms with van der Waals surface area (Å²) in [5.74, 6) is -3.53. The van der Waals surface area contributed by atoms with Gasteiger partial charge >= 0.3 is 12.0 Å².